The fourth-order valence-corrected chi connectivity index (χ4v) is 3.65. The second-order valence-electron chi connectivity index (χ2n) is 8.05. The topological polar surface area (TPSA) is 123 Å². The number of nitrogens with zero attached hydrogens (tertiary/aromatic N) is 1. The molecule has 0 saturated heterocycles. The highest BCUT2D eigenvalue weighted by atomic mass is 35.5. The first-order valence-electron chi connectivity index (χ1n) is 11.8. The molecule has 1 amide bonds. The van der Waals surface area contributed by atoms with Crippen LogP contribution in [0, 0.1) is 10.1 Å². The van der Waals surface area contributed by atoms with Crippen molar-refractivity contribution in [1.82, 2.24) is 0 Å². The number of hydrogen-bond donors (Lipinski definition) is 2. The molecule has 188 valence electrons. The lowest BCUT2D eigenvalue weighted by Gasteiger charge is -2.14. The summed E-state index contributed by atoms with van der Waals surface area (Å²) in [5, 5.41) is 24.8. The van der Waals surface area contributed by atoms with E-state index < -0.39 is 16.6 Å². The van der Waals surface area contributed by atoms with Crippen molar-refractivity contribution in [2.45, 2.75) is 71.1 Å². The first-order chi connectivity index (χ1) is 16.3. The molecule has 0 unspecified atom stereocenters. The second kappa shape index (κ2) is 17.1. The lowest BCUT2D eigenvalue weighted by atomic mass is 10.1. The van der Waals surface area contributed by atoms with Crippen molar-refractivity contribution >= 4 is 40.5 Å². The predicted octanol–water partition coefficient (Wildman–Crippen LogP) is 6.38. The molecule has 0 bridgehead atoms. The number of nitro groups is 1. The third kappa shape index (κ3) is 11.7. The van der Waals surface area contributed by atoms with Gasteiger partial charge >= 0.3 is 0 Å². The number of anilines is 1. The largest absolute Gasteiger partial charge is 0.872 e. The fourth-order valence-electron chi connectivity index (χ4n) is 3.25. The van der Waals surface area contributed by atoms with Gasteiger partial charge in [0.05, 0.1) is 22.2 Å². The van der Waals surface area contributed by atoms with Crippen molar-refractivity contribution in [1.29, 1.82) is 0 Å². The van der Waals surface area contributed by atoms with Gasteiger partial charge in [-0.25, -0.2) is 0 Å². The number of non-ortho nitro benzene ring substituents is 1. The Morgan fingerprint density at radius 3 is 2.06 bits per heavy atom. The third-order valence-electron chi connectivity index (χ3n) is 5.20. The summed E-state index contributed by atoms with van der Waals surface area (Å²) in [5.74, 6) is -1.19. The Kier molecular flexibility index (Phi) is 15.0. The van der Waals surface area contributed by atoms with Crippen LogP contribution < -0.4 is 16.2 Å². The van der Waals surface area contributed by atoms with Gasteiger partial charge in [0, 0.05) is 22.7 Å². The van der Waals surface area contributed by atoms with E-state index in [1.54, 1.807) is 0 Å². The van der Waals surface area contributed by atoms with E-state index in [2.05, 4.69) is 18.0 Å². The molecule has 0 heterocycles. The molecule has 0 spiro atoms. The molecule has 0 radical (unpaired) electrons. The zero-order valence-corrected chi connectivity index (χ0v) is 21.3. The van der Waals surface area contributed by atoms with Crippen LogP contribution in [0.4, 0.5) is 11.4 Å². The van der Waals surface area contributed by atoms with E-state index in [4.69, 9.17) is 23.2 Å². The zero-order chi connectivity index (χ0) is 25.3. The molecule has 0 aliphatic heterocycles. The zero-order valence-electron chi connectivity index (χ0n) is 19.8. The van der Waals surface area contributed by atoms with E-state index in [9.17, 15) is 20.0 Å². The highest BCUT2D eigenvalue weighted by Crippen LogP contribution is 2.28. The van der Waals surface area contributed by atoms with Crippen molar-refractivity contribution in [3.05, 3.63) is 62.1 Å². The Hall–Kier alpha value is -2.35. The third-order valence-corrected chi connectivity index (χ3v) is 5.75. The number of nitrogens with one attached hydrogen (secondary N) is 1. The molecule has 9 heteroatoms. The summed E-state index contributed by atoms with van der Waals surface area (Å²) in [7, 11) is 0. The van der Waals surface area contributed by atoms with Gasteiger partial charge in [-0.15, -0.1) is 0 Å². The Balaban J connectivity index is 0.000000385. The fraction of sp³-hybridized carbons (Fsp3) is 0.480. The highest BCUT2D eigenvalue weighted by molar-refractivity contribution is 6.34. The summed E-state index contributed by atoms with van der Waals surface area (Å²) < 4.78 is 0. The standard InChI is InChI=1S/C13H8Cl2N2O4.C12H27N/c14-7-1-4-12(18)9(5-7)13(19)16-11-3-2-8(17(20)21)6-10(11)15;1-2-3-4-5-6-7-8-9-10-11-12-13/h1-6,18H,(H,16,19);2-13H2,1H3. The van der Waals surface area contributed by atoms with Gasteiger partial charge in [-0.2, -0.15) is 0 Å². The molecule has 2 aromatic carbocycles. The number of unbranched alkanes of at least 4 members (excludes halogenated alkanes) is 9. The van der Waals surface area contributed by atoms with Gasteiger partial charge in [-0.05, 0) is 31.0 Å². The van der Waals surface area contributed by atoms with Crippen molar-refractivity contribution in [2.24, 2.45) is 0 Å². The average Bonchev–Trinajstić information content (AvgIpc) is 2.81. The maximum Gasteiger partial charge on any atom is 0.271 e. The number of halogens is 2. The van der Waals surface area contributed by atoms with Gasteiger partial charge < -0.3 is 16.2 Å². The number of carbonyl (C=O) groups excluding carboxylic acids is 1. The van der Waals surface area contributed by atoms with E-state index in [1.165, 1.54) is 94.5 Å². The van der Waals surface area contributed by atoms with Gasteiger partial charge in [0.25, 0.3) is 11.6 Å². The summed E-state index contributed by atoms with van der Waals surface area (Å²) in [6.45, 7) is 3.40. The highest BCUT2D eigenvalue weighted by Gasteiger charge is 2.13. The predicted molar refractivity (Wildman–Crippen MR) is 137 cm³/mol. The number of carbonyl (C=O) groups is 1. The maximum atomic E-state index is 12.0. The normalized spacial score (nSPS) is 10.4. The number of hydrogen-bond acceptors (Lipinski definition) is 4. The Bertz CT molecular complexity index is 900. The molecule has 7 nitrogen and oxygen atoms in total. The lowest BCUT2D eigenvalue weighted by Crippen LogP contribution is -2.50. The quantitative estimate of drug-likeness (QED) is 0.184. The van der Waals surface area contributed by atoms with Crippen LogP contribution in [0.25, 0.3) is 0 Å². The molecule has 0 aliphatic carbocycles. The van der Waals surface area contributed by atoms with Crippen LogP contribution in [0.2, 0.25) is 10.0 Å². The van der Waals surface area contributed by atoms with E-state index >= 15 is 0 Å². The molecule has 0 saturated carbocycles. The SMILES string of the molecule is CCCCCCCCCCCC[NH3+].O=C(Nc1ccc([N+](=O)[O-])cc1Cl)c1cc(Cl)ccc1[O-]. The van der Waals surface area contributed by atoms with Gasteiger partial charge in [0.1, 0.15) is 0 Å². The molecule has 4 N–H and O–H groups in total. The molecule has 0 fully saturated rings. The molecule has 2 rings (SSSR count). The number of benzene rings is 2. The minimum absolute atomic E-state index is 0.00738. The molecule has 0 aromatic heterocycles. The molecular weight excluding hydrogens is 477 g/mol. The van der Waals surface area contributed by atoms with Crippen LogP contribution >= 0.6 is 23.2 Å². The van der Waals surface area contributed by atoms with E-state index in [1.807, 2.05) is 0 Å². The van der Waals surface area contributed by atoms with Gasteiger partial charge in [0.2, 0.25) is 0 Å². The Morgan fingerprint density at radius 1 is 0.941 bits per heavy atom. The summed E-state index contributed by atoms with van der Waals surface area (Å²) >= 11 is 11.6. The monoisotopic (exact) mass is 511 g/mol. The van der Waals surface area contributed by atoms with E-state index in [-0.39, 0.29) is 27.0 Å². The van der Waals surface area contributed by atoms with Crippen LogP contribution in [0.15, 0.2) is 36.4 Å². The molecule has 2 aromatic rings. The number of rotatable bonds is 13. The summed E-state index contributed by atoms with van der Waals surface area (Å²) in [5.41, 5.74) is 3.67. The molecule has 34 heavy (non-hydrogen) atoms. The maximum absolute atomic E-state index is 12.0. The van der Waals surface area contributed by atoms with Crippen LogP contribution in [0.1, 0.15) is 81.5 Å². The summed E-state index contributed by atoms with van der Waals surface area (Å²) in [4.78, 5) is 22.0. The van der Waals surface area contributed by atoms with Crippen molar-refractivity contribution in [3.63, 3.8) is 0 Å². The van der Waals surface area contributed by atoms with Crippen molar-refractivity contribution in [3.8, 4) is 5.75 Å². The number of quaternary nitrogens is 1. The minimum Gasteiger partial charge on any atom is -0.872 e. The molecular formula is C25H35Cl2N3O4. The van der Waals surface area contributed by atoms with Crippen molar-refractivity contribution in [2.75, 3.05) is 11.9 Å². The molecule has 0 atom stereocenters. The Labute approximate surface area is 211 Å². The molecule has 0 aliphatic rings. The van der Waals surface area contributed by atoms with Gasteiger partial charge in [0.15, 0.2) is 0 Å². The van der Waals surface area contributed by atoms with Crippen molar-refractivity contribution < 1.29 is 20.6 Å². The summed E-state index contributed by atoms with van der Waals surface area (Å²) in [6, 6.07) is 7.37. The van der Waals surface area contributed by atoms with E-state index in [0.29, 0.717) is 0 Å². The number of amides is 1. The van der Waals surface area contributed by atoms with Crippen LogP contribution in [-0.4, -0.2) is 17.4 Å². The van der Waals surface area contributed by atoms with Gasteiger partial charge in [-0.1, -0.05) is 93.3 Å². The minimum atomic E-state index is -0.696. The van der Waals surface area contributed by atoms with Crippen LogP contribution in [-0.2, 0) is 0 Å². The van der Waals surface area contributed by atoms with Crippen LogP contribution in [0.3, 0.4) is 0 Å². The Morgan fingerprint density at radius 2 is 1.53 bits per heavy atom. The lowest BCUT2D eigenvalue weighted by molar-refractivity contribution is -0.384. The van der Waals surface area contributed by atoms with E-state index in [0.717, 1.165) is 12.6 Å². The number of nitro benzene ring substituents is 1. The summed E-state index contributed by atoms with van der Waals surface area (Å²) in [6.07, 6.45) is 14.2. The second-order valence-corrected chi connectivity index (χ2v) is 8.90. The smallest absolute Gasteiger partial charge is 0.271 e. The first-order valence-corrected chi connectivity index (χ1v) is 12.6. The average molecular weight is 512 g/mol. The van der Waals surface area contributed by atoms with Gasteiger partial charge in [-0.3, -0.25) is 14.9 Å². The first kappa shape index (κ1) is 29.7. The van der Waals surface area contributed by atoms with Crippen LogP contribution in [0.5, 0.6) is 5.75 Å².